The number of hydrogen-bond acceptors (Lipinski definition) is 6. The Labute approximate surface area is 206 Å². The Morgan fingerprint density at radius 1 is 1.21 bits per heavy atom. The molecule has 1 aliphatic heterocycles. The van der Waals surface area contributed by atoms with Crippen LogP contribution in [0.15, 0.2) is 58.4 Å². The minimum atomic E-state index is -3.70. The number of rotatable bonds is 6. The van der Waals surface area contributed by atoms with Gasteiger partial charge in [0.15, 0.2) is 4.80 Å². The van der Waals surface area contributed by atoms with Crippen LogP contribution in [0.3, 0.4) is 0 Å². The van der Waals surface area contributed by atoms with Gasteiger partial charge in [0.1, 0.15) is 6.54 Å². The molecule has 2 aromatic carbocycles. The molecule has 0 radical (unpaired) electrons. The lowest BCUT2D eigenvalue weighted by Crippen LogP contribution is -2.42. The van der Waals surface area contributed by atoms with Gasteiger partial charge >= 0.3 is 5.97 Å². The summed E-state index contributed by atoms with van der Waals surface area (Å²) < 4.78 is 34.9. The first-order valence-corrected chi connectivity index (χ1v) is 13.5. The van der Waals surface area contributed by atoms with E-state index in [9.17, 15) is 18.0 Å². The second-order valence-electron chi connectivity index (χ2n) is 7.85. The lowest BCUT2D eigenvalue weighted by Gasteiger charge is -2.30. The van der Waals surface area contributed by atoms with Gasteiger partial charge in [-0.05, 0) is 50.1 Å². The monoisotopic (exact) mass is 521 g/mol. The smallest absolute Gasteiger partial charge is 0.326 e. The van der Waals surface area contributed by atoms with Crippen LogP contribution in [-0.4, -0.2) is 48.9 Å². The first-order valence-electron chi connectivity index (χ1n) is 10.9. The molecule has 11 heteroatoms. The molecule has 0 spiro atoms. The van der Waals surface area contributed by atoms with E-state index in [0.29, 0.717) is 34.7 Å². The number of carbonyl (C=O) groups is 2. The molecule has 1 fully saturated rings. The number of carbonyl (C=O) groups excluding carboxylic acids is 2. The van der Waals surface area contributed by atoms with Gasteiger partial charge < -0.3 is 9.30 Å². The molecule has 0 N–H and O–H groups in total. The fourth-order valence-corrected chi connectivity index (χ4v) is 6.77. The molecule has 4 rings (SSSR count). The van der Waals surface area contributed by atoms with E-state index in [4.69, 9.17) is 16.3 Å². The predicted octanol–water partition coefficient (Wildman–Crippen LogP) is 3.45. The minimum Gasteiger partial charge on any atom is -0.465 e. The minimum absolute atomic E-state index is 0.0637. The number of nitrogens with zero attached hydrogens (tertiary/aromatic N) is 3. The standard InChI is InChI=1S/C23H24ClN3O5S2/c1-2-32-21(28)15-27-19-11-10-17(24)13-20(19)33-23(27)25-22(29)16-7-6-12-26(14-16)34(30,31)18-8-4-3-5-9-18/h3-5,8-11,13,16H,2,6-7,12,14-15H2,1H3. The molecular formula is C23H24ClN3O5S2. The summed E-state index contributed by atoms with van der Waals surface area (Å²) in [6.07, 6.45) is 1.10. The van der Waals surface area contributed by atoms with Gasteiger partial charge in [-0.3, -0.25) is 9.59 Å². The van der Waals surface area contributed by atoms with Gasteiger partial charge in [0.25, 0.3) is 5.91 Å². The lowest BCUT2D eigenvalue weighted by molar-refractivity contribution is -0.143. The van der Waals surface area contributed by atoms with Crippen molar-refractivity contribution >= 4 is 55.1 Å². The highest BCUT2D eigenvalue weighted by molar-refractivity contribution is 7.89. The number of benzene rings is 2. The summed E-state index contributed by atoms with van der Waals surface area (Å²) in [6, 6.07) is 13.4. The molecule has 1 amide bonds. The maximum Gasteiger partial charge on any atom is 0.326 e. The van der Waals surface area contributed by atoms with E-state index in [-0.39, 0.29) is 24.6 Å². The molecule has 1 unspecified atom stereocenters. The second-order valence-corrected chi connectivity index (χ2v) is 11.2. The summed E-state index contributed by atoms with van der Waals surface area (Å²) in [5.74, 6) is -1.43. The SMILES string of the molecule is CCOC(=O)Cn1c(=NC(=O)C2CCCN(S(=O)(=O)c3ccccc3)C2)sc2cc(Cl)ccc21. The highest BCUT2D eigenvalue weighted by Gasteiger charge is 2.33. The first kappa shape index (κ1) is 24.6. The Bertz CT molecular complexity index is 1380. The Hall–Kier alpha value is -2.53. The van der Waals surface area contributed by atoms with E-state index in [2.05, 4.69) is 4.99 Å². The van der Waals surface area contributed by atoms with Gasteiger partial charge in [0.2, 0.25) is 10.0 Å². The zero-order valence-electron chi connectivity index (χ0n) is 18.5. The number of hydrogen-bond donors (Lipinski definition) is 0. The Morgan fingerprint density at radius 3 is 2.71 bits per heavy atom. The summed E-state index contributed by atoms with van der Waals surface area (Å²) in [7, 11) is -3.70. The maximum atomic E-state index is 13.1. The van der Waals surface area contributed by atoms with Gasteiger partial charge in [-0.25, -0.2) is 8.42 Å². The topological polar surface area (TPSA) is 98.0 Å². The average molecular weight is 522 g/mol. The molecular weight excluding hydrogens is 498 g/mol. The number of esters is 1. The van der Waals surface area contributed by atoms with Crippen LogP contribution in [-0.2, 0) is 30.9 Å². The normalized spacial score (nSPS) is 17.7. The largest absolute Gasteiger partial charge is 0.465 e. The number of sulfonamides is 1. The third-order valence-electron chi connectivity index (χ3n) is 5.56. The fourth-order valence-electron chi connectivity index (χ4n) is 3.91. The molecule has 0 aliphatic carbocycles. The second kappa shape index (κ2) is 10.4. The fraction of sp³-hybridized carbons (Fsp3) is 0.348. The summed E-state index contributed by atoms with van der Waals surface area (Å²) in [5.41, 5.74) is 0.714. The zero-order chi connectivity index (χ0) is 24.3. The van der Waals surface area contributed by atoms with Crippen molar-refractivity contribution in [3.63, 3.8) is 0 Å². The third-order valence-corrected chi connectivity index (χ3v) is 8.71. The van der Waals surface area contributed by atoms with E-state index in [0.717, 1.165) is 4.70 Å². The van der Waals surface area contributed by atoms with Crippen molar-refractivity contribution in [3.05, 3.63) is 58.4 Å². The summed E-state index contributed by atoms with van der Waals surface area (Å²) in [5, 5.41) is 0.531. The molecule has 1 saturated heterocycles. The summed E-state index contributed by atoms with van der Waals surface area (Å²) >= 11 is 7.36. The number of aromatic nitrogens is 1. The van der Waals surface area contributed by atoms with Crippen LogP contribution < -0.4 is 4.80 Å². The molecule has 0 bridgehead atoms. The number of halogens is 1. The van der Waals surface area contributed by atoms with Gasteiger partial charge in [-0.15, -0.1) is 0 Å². The van der Waals surface area contributed by atoms with Gasteiger partial charge in [0, 0.05) is 18.1 Å². The van der Waals surface area contributed by atoms with Crippen LogP contribution in [0.25, 0.3) is 10.2 Å². The lowest BCUT2D eigenvalue weighted by atomic mass is 9.99. The van der Waals surface area contributed by atoms with E-state index in [1.807, 2.05) is 0 Å². The van der Waals surface area contributed by atoms with Crippen molar-refractivity contribution in [1.29, 1.82) is 0 Å². The summed E-state index contributed by atoms with van der Waals surface area (Å²) in [6.45, 7) is 2.29. The van der Waals surface area contributed by atoms with Crippen LogP contribution in [0.1, 0.15) is 19.8 Å². The molecule has 1 atom stereocenters. The molecule has 34 heavy (non-hydrogen) atoms. The molecule has 1 aromatic heterocycles. The molecule has 8 nitrogen and oxygen atoms in total. The molecule has 180 valence electrons. The maximum absolute atomic E-state index is 13.1. The van der Waals surface area contributed by atoms with Crippen molar-refractivity contribution < 1.29 is 22.7 Å². The average Bonchev–Trinajstić information content (AvgIpc) is 3.15. The van der Waals surface area contributed by atoms with E-state index in [1.54, 1.807) is 60.0 Å². The van der Waals surface area contributed by atoms with Crippen molar-refractivity contribution in [3.8, 4) is 0 Å². The highest BCUT2D eigenvalue weighted by atomic mass is 35.5. The van der Waals surface area contributed by atoms with E-state index in [1.165, 1.54) is 15.6 Å². The van der Waals surface area contributed by atoms with E-state index >= 15 is 0 Å². The quantitative estimate of drug-likeness (QED) is 0.463. The van der Waals surface area contributed by atoms with Crippen LogP contribution in [0.5, 0.6) is 0 Å². The molecule has 0 saturated carbocycles. The Kier molecular flexibility index (Phi) is 7.51. The van der Waals surface area contributed by atoms with Crippen LogP contribution in [0, 0.1) is 5.92 Å². The number of thiazole rings is 1. The van der Waals surface area contributed by atoms with Gasteiger partial charge in [0.05, 0.1) is 27.6 Å². The Balaban J connectivity index is 1.64. The number of amides is 1. The van der Waals surface area contributed by atoms with Crippen LogP contribution >= 0.6 is 22.9 Å². The Morgan fingerprint density at radius 2 is 1.97 bits per heavy atom. The van der Waals surface area contributed by atoms with Crippen molar-refractivity contribution in [2.75, 3.05) is 19.7 Å². The van der Waals surface area contributed by atoms with E-state index < -0.39 is 27.8 Å². The van der Waals surface area contributed by atoms with Gasteiger partial charge in [-0.2, -0.15) is 9.30 Å². The van der Waals surface area contributed by atoms with Gasteiger partial charge in [-0.1, -0.05) is 41.1 Å². The molecule has 2 heterocycles. The number of fused-ring (bicyclic) bond motifs is 1. The first-order chi connectivity index (χ1) is 16.3. The zero-order valence-corrected chi connectivity index (χ0v) is 20.9. The van der Waals surface area contributed by atoms with Crippen molar-refractivity contribution in [2.45, 2.75) is 31.2 Å². The third kappa shape index (κ3) is 5.25. The van der Waals surface area contributed by atoms with Crippen molar-refractivity contribution in [1.82, 2.24) is 8.87 Å². The number of piperidine rings is 1. The van der Waals surface area contributed by atoms with Crippen LogP contribution in [0.4, 0.5) is 0 Å². The molecule has 3 aromatic rings. The van der Waals surface area contributed by atoms with Crippen molar-refractivity contribution in [2.24, 2.45) is 10.9 Å². The molecule has 1 aliphatic rings. The summed E-state index contributed by atoms with van der Waals surface area (Å²) in [4.78, 5) is 30.2. The van der Waals surface area contributed by atoms with Crippen LogP contribution in [0.2, 0.25) is 5.02 Å². The predicted molar refractivity (Wildman–Crippen MR) is 130 cm³/mol. The highest BCUT2D eigenvalue weighted by Crippen LogP contribution is 2.25. The number of ether oxygens (including phenoxy) is 1.